The molecule has 4 heteroatoms. The van der Waals surface area contributed by atoms with Crippen molar-refractivity contribution < 1.29 is 0 Å². The summed E-state index contributed by atoms with van der Waals surface area (Å²) in [7, 11) is 0. The smallest absolute Gasteiger partial charge is 0.254 e. The SMILES string of the molecule is NCCc1ncc(C2CCCC2)c(=O)[nH]1. The van der Waals surface area contributed by atoms with Gasteiger partial charge in [-0.25, -0.2) is 4.98 Å². The standard InChI is InChI=1S/C11H17N3O/c12-6-5-10-13-7-9(11(15)14-10)8-3-1-2-4-8/h7-8H,1-6,12H2,(H,13,14,15). The summed E-state index contributed by atoms with van der Waals surface area (Å²) in [5, 5.41) is 0. The van der Waals surface area contributed by atoms with Gasteiger partial charge in [0.05, 0.1) is 0 Å². The molecule has 1 saturated carbocycles. The quantitative estimate of drug-likeness (QED) is 0.774. The van der Waals surface area contributed by atoms with Crippen molar-refractivity contribution in [3.63, 3.8) is 0 Å². The molecule has 15 heavy (non-hydrogen) atoms. The first-order valence-corrected chi connectivity index (χ1v) is 5.59. The number of nitrogens with two attached hydrogens (primary N) is 1. The maximum absolute atomic E-state index is 11.8. The lowest BCUT2D eigenvalue weighted by atomic mass is 10.0. The van der Waals surface area contributed by atoms with Crippen LogP contribution < -0.4 is 11.3 Å². The van der Waals surface area contributed by atoms with E-state index in [2.05, 4.69) is 9.97 Å². The molecule has 1 fully saturated rings. The molecule has 1 heterocycles. The van der Waals surface area contributed by atoms with E-state index in [0.29, 0.717) is 24.7 Å². The van der Waals surface area contributed by atoms with Gasteiger partial charge in [0, 0.05) is 18.2 Å². The topological polar surface area (TPSA) is 71.8 Å². The molecule has 0 aliphatic heterocycles. The molecule has 0 amide bonds. The second-order valence-corrected chi connectivity index (χ2v) is 4.13. The average molecular weight is 207 g/mol. The summed E-state index contributed by atoms with van der Waals surface area (Å²) in [6, 6.07) is 0. The van der Waals surface area contributed by atoms with Crippen molar-refractivity contribution >= 4 is 0 Å². The molecule has 0 aromatic carbocycles. The van der Waals surface area contributed by atoms with Gasteiger partial charge in [-0.15, -0.1) is 0 Å². The fourth-order valence-electron chi connectivity index (χ4n) is 2.23. The largest absolute Gasteiger partial charge is 0.330 e. The maximum atomic E-state index is 11.8. The van der Waals surface area contributed by atoms with E-state index in [9.17, 15) is 4.79 Å². The number of rotatable bonds is 3. The van der Waals surface area contributed by atoms with Gasteiger partial charge >= 0.3 is 0 Å². The minimum Gasteiger partial charge on any atom is -0.330 e. The van der Waals surface area contributed by atoms with Crippen LogP contribution in [0.25, 0.3) is 0 Å². The average Bonchev–Trinajstić information content (AvgIpc) is 2.71. The van der Waals surface area contributed by atoms with E-state index < -0.39 is 0 Å². The van der Waals surface area contributed by atoms with E-state index in [1.54, 1.807) is 6.20 Å². The molecule has 0 spiro atoms. The molecule has 0 unspecified atom stereocenters. The number of aromatic amines is 1. The van der Waals surface area contributed by atoms with Crippen LogP contribution in [0.3, 0.4) is 0 Å². The molecule has 1 aromatic rings. The van der Waals surface area contributed by atoms with Crippen molar-refractivity contribution in [2.45, 2.75) is 38.0 Å². The zero-order valence-electron chi connectivity index (χ0n) is 8.83. The number of nitrogens with zero attached hydrogens (tertiary/aromatic N) is 1. The predicted octanol–water partition coefficient (Wildman–Crippen LogP) is 0.929. The molecule has 82 valence electrons. The molecule has 1 aliphatic carbocycles. The highest BCUT2D eigenvalue weighted by Crippen LogP contribution is 2.31. The Hall–Kier alpha value is -1.16. The van der Waals surface area contributed by atoms with Gasteiger partial charge in [0.1, 0.15) is 5.82 Å². The van der Waals surface area contributed by atoms with Crippen LogP contribution in [0.2, 0.25) is 0 Å². The van der Waals surface area contributed by atoms with Gasteiger partial charge in [0.15, 0.2) is 0 Å². The van der Waals surface area contributed by atoms with Crippen molar-refractivity contribution in [1.29, 1.82) is 0 Å². The second kappa shape index (κ2) is 4.57. The first kappa shape index (κ1) is 10.4. The fourth-order valence-corrected chi connectivity index (χ4v) is 2.23. The van der Waals surface area contributed by atoms with E-state index in [-0.39, 0.29) is 5.56 Å². The number of nitrogens with one attached hydrogen (secondary N) is 1. The minimum atomic E-state index is 0.0281. The highest BCUT2D eigenvalue weighted by Gasteiger charge is 2.20. The van der Waals surface area contributed by atoms with Crippen LogP contribution in [0.1, 0.15) is 43.0 Å². The Morgan fingerprint density at radius 1 is 1.47 bits per heavy atom. The Bertz CT molecular complexity index is 380. The number of hydrogen-bond donors (Lipinski definition) is 2. The third-order valence-corrected chi connectivity index (χ3v) is 3.06. The van der Waals surface area contributed by atoms with Gasteiger partial charge in [-0.2, -0.15) is 0 Å². The van der Waals surface area contributed by atoms with Crippen LogP contribution in [0.4, 0.5) is 0 Å². The third kappa shape index (κ3) is 2.26. The summed E-state index contributed by atoms with van der Waals surface area (Å²) in [5.74, 6) is 1.12. The minimum absolute atomic E-state index is 0.0281. The molecule has 2 rings (SSSR count). The van der Waals surface area contributed by atoms with Crippen LogP contribution in [0, 0.1) is 0 Å². The lowest BCUT2D eigenvalue weighted by molar-refractivity contribution is 0.697. The van der Waals surface area contributed by atoms with Crippen molar-refractivity contribution in [2.75, 3.05) is 6.54 Å². The Kier molecular flexibility index (Phi) is 3.16. The Balaban J connectivity index is 2.22. The molecule has 0 radical (unpaired) electrons. The van der Waals surface area contributed by atoms with Crippen molar-refractivity contribution in [3.8, 4) is 0 Å². The van der Waals surface area contributed by atoms with Crippen molar-refractivity contribution in [3.05, 3.63) is 27.9 Å². The zero-order valence-corrected chi connectivity index (χ0v) is 8.83. The highest BCUT2D eigenvalue weighted by atomic mass is 16.1. The van der Waals surface area contributed by atoms with Crippen LogP contribution in [-0.4, -0.2) is 16.5 Å². The Morgan fingerprint density at radius 3 is 2.80 bits per heavy atom. The monoisotopic (exact) mass is 207 g/mol. The Labute approximate surface area is 88.9 Å². The van der Waals surface area contributed by atoms with Gasteiger partial charge in [-0.3, -0.25) is 4.79 Å². The van der Waals surface area contributed by atoms with Crippen LogP contribution in [0.15, 0.2) is 11.0 Å². The third-order valence-electron chi connectivity index (χ3n) is 3.06. The van der Waals surface area contributed by atoms with Gasteiger partial charge < -0.3 is 10.7 Å². The molecule has 0 saturated heterocycles. The molecule has 1 aromatic heterocycles. The number of H-pyrrole nitrogens is 1. The molecular weight excluding hydrogens is 190 g/mol. The van der Waals surface area contributed by atoms with E-state index in [0.717, 1.165) is 18.4 Å². The fraction of sp³-hybridized carbons (Fsp3) is 0.636. The van der Waals surface area contributed by atoms with E-state index in [1.165, 1.54) is 12.8 Å². The van der Waals surface area contributed by atoms with E-state index in [1.807, 2.05) is 0 Å². The highest BCUT2D eigenvalue weighted by molar-refractivity contribution is 5.13. The molecule has 1 aliphatic rings. The van der Waals surface area contributed by atoms with Crippen LogP contribution in [0.5, 0.6) is 0 Å². The lowest BCUT2D eigenvalue weighted by Gasteiger charge is -2.08. The van der Waals surface area contributed by atoms with Gasteiger partial charge in [0.25, 0.3) is 5.56 Å². The van der Waals surface area contributed by atoms with Gasteiger partial charge in [-0.05, 0) is 25.3 Å². The first-order valence-electron chi connectivity index (χ1n) is 5.59. The maximum Gasteiger partial charge on any atom is 0.254 e. The van der Waals surface area contributed by atoms with Crippen molar-refractivity contribution in [1.82, 2.24) is 9.97 Å². The summed E-state index contributed by atoms with van der Waals surface area (Å²) in [4.78, 5) is 18.8. The van der Waals surface area contributed by atoms with Crippen LogP contribution in [-0.2, 0) is 6.42 Å². The lowest BCUT2D eigenvalue weighted by Crippen LogP contribution is -2.19. The summed E-state index contributed by atoms with van der Waals surface area (Å²) in [5.41, 5.74) is 6.29. The summed E-state index contributed by atoms with van der Waals surface area (Å²) in [6.07, 6.45) is 7.09. The summed E-state index contributed by atoms with van der Waals surface area (Å²) >= 11 is 0. The number of aromatic nitrogens is 2. The van der Waals surface area contributed by atoms with Gasteiger partial charge in [0.2, 0.25) is 0 Å². The van der Waals surface area contributed by atoms with Crippen LogP contribution >= 0.6 is 0 Å². The molecular formula is C11H17N3O. The van der Waals surface area contributed by atoms with E-state index >= 15 is 0 Å². The normalized spacial score (nSPS) is 17.1. The molecule has 0 atom stereocenters. The van der Waals surface area contributed by atoms with Crippen molar-refractivity contribution in [2.24, 2.45) is 5.73 Å². The second-order valence-electron chi connectivity index (χ2n) is 4.13. The summed E-state index contributed by atoms with van der Waals surface area (Å²) in [6.45, 7) is 0.520. The molecule has 4 nitrogen and oxygen atoms in total. The molecule has 3 N–H and O–H groups in total. The van der Waals surface area contributed by atoms with Gasteiger partial charge in [-0.1, -0.05) is 12.8 Å². The Morgan fingerprint density at radius 2 is 2.20 bits per heavy atom. The number of hydrogen-bond acceptors (Lipinski definition) is 3. The molecule has 0 bridgehead atoms. The first-order chi connectivity index (χ1) is 7.31. The zero-order chi connectivity index (χ0) is 10.7. The predicted molar refractivity (Wildman–Crippen MR) is 58.8 cm³/mol. The van der Waals surface area contributed by atoms with E-state index in [4.69, 9.17) is 5.73 Å². The summed E-state index contributed by atoms with van der Waals surface area (Å²) < 4.78 is 0.